The van der Waals surface area contributed by atoms with E-state index in [1.807, 2.05) is 10.8 Å². The average Bonchev–Trinajstić information content (AvgIpc) is 2.51. The largest absolute Gasteiger partial charge is 0.331 e. The Morgan fingerprint density at radius 1 is 1.53 bits per heavy atom. The zero-order chi connectivity index (χ0) is 10.8. The van der Waals surface area contributed by atoms with E-state index in [1.54, 1.807) is 17.8 Å². The van der Waals surface area contributed by atoms with E-state index in [2.05, 4.69) is 4.98 Å². The minimum atomic E-state index is -0.227. The number of thioether (sulfide) groups is 1. The highest BCUT2D eigenvalue weighted by molar-refractivity contribution is 7.98. The minimum Gasteiger partial charge on any atom is -0.331 e. The molecule has 2 nitrogen and oxygen atoms in total. The molecule has 0 bridgehead atoms. The van der Waals surface area contributed by atoms with Gasteiger partial charge in [0, 0.05) is 12.3 Å². The molecule has 0 spiro atoms. The molecular formula is C10H11FN2S2. The number of rotatable bonds is 3. The molecule has 5 heteroatoms. The fourth-order valence-corrected chi connectivity index (χ4v) is 2.20. The Hall–Kier alpha value is -0.810. The normalized spacial score (nSPS) is 11.1. The van der Waals surface area contributed by atoms with Crippen LogP contribution >= 0.6 is 24.0 Å². The Morgan fingerprint density at radius 2 is 2.33 bits per heavy atom. The predicted octanol–water partition coefficient (Wildman–Crippen LogP) is 3.20. The second-order valence-corrected chi connectivity index (χ2v) is 4.61. The Labute approximate surface area is 96.5 Å². The molecule has 2 rings (SSSR count). The summed E-state index contributed by atoms with van der Waals surface area (Å²) in [5.74, 6) is 0.743. The maximum atomic E-state index is 13.1. The molecule has 1 heterocycles. The summed E-state index contributed by atoms with van der Waals surface area (Å²) in [5.41, 5.74) is 1.73. The second kappa shape index (κ2) is 4.37. The Bertz CT molecular complexity index is 530. The first-order valence-electron chi connectivity index (χ1n) is 4.59. The highest BCUT2D eigenvalue weighted by atomic mass is 32.2. The summed E-state index contributed by atoms with van der Waals surface area (Å²) in [4.78, 5) is 3.07. The van der Waals surface area contributed by atoms with Crippen molar-refractivity contribution in [2.75, 3.05) is 12.0 Å². The number of imidazole rings is 1. The summed E-state index contributed by atoms with van der Waals surface area (Å²) >= 11 is 6.93. The molecule has 0 atom stereocenters. The molecule has 0 unspecified atom stereocenters. The summed E-state index contributed by atoms with van der Waals surface area (Å²) in [5, 5.41) is 0. The molecule has 0 fully saturated rings. The van der Waals surface area contributed by atoms with E-state index in [1.165, 1.54) is 12.1 Å². The van der Waals surface area contributed by atoms with Crippen molar-refractivity contribution in [1.29, 1.82) is 0 Å². The lowest BCUT2D eigenvalue weighted by Crippen LogP contribution is -2.00. The Balaban J connectivity index is 2.55. The molecule has 0 amide bonds. The van der Waals surface area contributed by atoms with Crippen molar-refractivity contribution in [3.63, 3.8) is 0 Å². The highest BCUT2D eigenvalue weighted by Crippen LogP contribution is 2.16. The third-order valence-corrected chi connectivity index (χ3v) is 3.17. The van der Waals surface area contributed by atoms with Crippen molar-refractivity contribution < 1.29 is 4.39 Å². The molecule has 1 aromatic heterocycles. The number of benzene rings is 1. The predicted molar refractivity (Wildman–Crippen MR) is 65.5 cm³/mol. The van der Waals surface area contributed by atoms with Crippen molar-refractivity contribution in [3.05, 3.63) is 28.8 Å². The average molecular weight is 242 g/mol. The Kier molecular flexibility index (Phi) is 3.11. The molecule has 0 aliphatic carbocycles. The molecule has 0 aliphatic rings. The lowest BCUT2D eigenvalue weighted by atomic mass is 10.3. The van der Waals surface area contributed by atoms with Crippen molar-refractivity contribution in [2.24, 2.45) is 0 Å². The maximum absolute atomic E-state index is 13.1. The Morgan fingerprint density at radius 3 is 3.07 bits per heavy atom. The van der Waals surface area contributed by atoms with Crippen LogP contribution in [0.25, 0.3) is 11.0 Å². The van der Waals surface area contributed by atoms with E-state index < -0.39 is 0 Å². The van der Waals surface area contributed by atoms with E-state index >= 15 is 0 Å². The van der Waals surface area contributed by atoms with Crippen LogP contribution < -0.4 is 0 Å². The monoisotopic (exact) mass is 242 g/mol. The summed E-state index contributed by atoms with van der Waals surface area (Å²) < 4.78 is 15.7. The zero-order valence-electron chi connectivity index (χ0n) is 8.29. The summed E-state index contributed by atoms with van der Waals surface area (Å²) in [6.07, 6.45) is 2.04. The lowest BCUT2D eigenvalue weighted by molar-refractivity contribution is 0.628. The number of hydrogen-bond acceptors (Lipinski definition) is 2. The van der Waals surface area contributed by atoms with Gasteiger partial charge in [0.15, 0.2) is 4.77 Å². The molecule has 0 saturated carbocycles. The molecule has 1 N–H and O–H groups in total. The van der Waals surface area contributed by atoms with Crippen molar-refractivity contribution in [1.82, 2.24) is 9.55 Å². The lowest BCUT2D eigenvalue weighted by Gasteiger charge is -2.02. The van der Waals surface area contributed by atoms with Crippen molar-refractivity contribution in [3.8, 4) is 0 Å². The van der Waals surface area contributed by atoms with Gasteiger partial charge < -0.3 is 9.55 Å². The van der Waals surface area contributed by atoms with Gasteiger partial charge in [-0.1, -0.05) is 0 Å². The van der Waals surface area contributed by atoms with Crippen LogP contribution in [0, 0.1) is 10.6 Å². The van der Waals surface area contributed by atoms with Gasteiger partial charge in [0.25, 0.3) is 0 Å². The molecule has 1 aromatic carbocycles. The van der Waals surface area contributed by atoms with Gasteiger partial charge in [0.2, 0.25) is 0 Å². The summed E-state index contributed by atoms with van der Waals surface area (Å²) in [7, 11) is 0. The summed E-state index contributed by atoms with van der Waals surface area (Å²) in [6, 6.07) is 4.67. The molecule has 0 aliphatic heterocycles. The van der Waals surface area contributed by atoms with Crippen molar-refractivity contribution >= 4 is 35.0 Å². The second-order valence-electron chi connectivity index (χ2n) is 3.24. The smallest absolute Gasteiger partial charge is 0.178 e. The van der Waals surface area contributed by atoms with E-state index in [9.17, 15) is 4.39 Å². The van der Waals surface area contributed by atoms with Crippen LogP contribution in [-0.2, 0) is 6.54 Å². The fraction of sp³-hybridized carbons (Fsp3) is 0.300. The highest BCUT2D eigenvalue weighted by Gasteiger charge is 2.04. The van der Waals surface area contributed by atoms with Gasteiger partial charge in [-0.25, -0.2) is 4.39 Å². The third kappa shape index (κ3) is 2.08. The SMILES string of the molecule is CSCCn1c(=S)[nH]c2ccc(F)cc21. The molecule has 15 heavy (non-hydrogen) atoms. The maximum Gasteiger partial charge on any atom is 0.178 e. The number of aryl methyl sites for hydroxylation is 1. The quantitative estimate of drug-likeness (QED) is 0.834. The number of fused-ring (bicyclic) bond motifs is 1. The molecule has 0 radical (unpaired) electrons. The van der Waals surface area contributed by atoms with Crippen LogP contribution in [0.15, 0.2) is 18.2 Å². The van der Waals surface area contributed by atoms with E-state index in [-0.39, 0.29) is 5.82 Å². The number of aromatic amines is 1. The van der Waals surface area contributed by atoms with Crippen LogP contribution in [0.3, 0.4) is 0 Å². The molecular weight excluding hydrogens is 231 g/mol. The van der Waals surface area contributed by atoms with Crippen LogP contribution in [0.2, 0.25) is 0 Å². The van der Waals surface area contributed by atoms with Gasteiger partial charge in [-0.2, -0.15) is 11.8 Å². The van der Waals surface area contributed by atoms with Gasteiger partial charge in [-0.3, -0.25) is 0 Å². The van der Waals surface area contributed by atoms with Gasteiger partial charge in [0.1, 0.15) is 5.82 Å². The van der Waals surface area contributed by atoms with Gasteiger partial charge in [-0.15, -0.1) is 0 Å². The standard InChI is InChI=1S/C10H11FN2S2/c1-15-5-4-13-9-6-7(11)2-3-8(9)12-10(13)14/h2-3,6H,4-5H2,1H3,(H,12,14). The zero-order valence-corrected chi connectivity index (χ0v) is 9.92. The first-order chi connectivity index (χ1) is 7.22. The van der Waals surface area contributed by atoms with Crippen LogP contribution in [-0.4, -0.2) is 21.6 Å². The van der Waals surface area contributed by atoms with Crippen LogP contribution in [0.1, 0.15) is 0 Å². The van der Waals surface area contributed by atoms with Gasteiger partial charge in [0.05, 0.1) is 11.0 Å². The fourth-order valence-electron chi connectivity index (χ4n) is 1.53. The molecule has 0 saturated heterocycles. The van der Waals surface area contributed by atoms with Crippen molar-refractivity contribution in [2.45, 2.75) is 6.54 Å². The van der Waals surface area contributed by atoms with Gasteiger partial charge in [-0.05, 0) is 36.7 Å². The number of aromatic nitrogens is 2. The van der Waals surface area contributed by atoms with E-state index in [0.29, 0.717) is 4.77 Å². The summed E-state index contributed by atoms with van der Waals surface area (Å²) in [6.45, 7) is 0.809. The van der Waals surface area contributed by atoms with Crippen LogP contribution in [0.4, 0.5) is 4.39 Å². The molecule has 2 aromatic rings. The number of nitrogens with one attached hydrogen (secondary N) is 1. The first kappa shape index (κ1) is 10.7. The van der Waals surface area contributed by atoms with E-state index in [4.69, 9.17) is 12.2 Å². The van der Waals surface area contributed by atoms with E-state index in [0.717, 1.165) is 23.3 Å². The number of halogens is 1. The minimum absolute atomic E-state index is 0.227. The molecule has 80 valence electrons. The number of H-pyrrole nitrogens is 1. The number of nitrogens with zero attached hydrogens (tertiary/aromatic N) is 1. The third-order valence-electron chi connectivity index (χ3n) is 2.26. The number of hydrogen-bond donors (Lipinski definition) is 1. The van der Waals surface area contributed by atoms with Gasteiger partial charge >= 0.3 is 0 Å². The van der Waals surface area contributed by atoms with Crippen LogP contribution in [0.5, 0.6) is 0 Å². The topological polar surface area (TPSA) is 20.7 Å². The first-order valence-corrected chi connectivity index (χ1v) is 6.39.